The van der Waals surface area contributed by atoms with Crippen LogP contribution in [0, 0.1) is 0 Å². The van der Waals surface area contributed by atoms with E-state index in [4.69, 9.17) is 16.3 Å². The van der Waals surface area contributed by atoms with Gasteiger partial charge in [0.25, 0.3) is 0 Å². The molecule has 0 aliphatic carbocycles. The molecule has 1 amide bonds. The molecule has 0 spiro atoms. The first-order chi connectivity index (χ1) is 12.1. The summed E-state index contributed by atoms with van der Waals surface area (Å²) in [4.78, 5) is 18.1. The van der Waals surface area contributed by atoms with Crippen molar-refractivity contribution in [3.63, 3.8) is 0 Å². The molecule has 1 aromatic carbocycles. The van der Waals surface area contributed by atoms with Gasteiger partial charge >= 0.3 is 6.09 Å². The summed E-state index contributed by atoms with van der Waals surface area (Å²) in [6.07, 6.45) is 1.53. The molecule has 25 heavy (non-hydrogen) atoms. The number of nitrogens with zero attached hydrogens (tertiary/aromatic N) is 2. The molecule has 0 bridgehead atoms. The van der Waals surface area contributed by atoms with Crippen LogP contribution in [0.15, 0.2) is 29.3 Å². The minimum Gasteiger partial charge on any atom is -0.450 e. The maximum Gasteiger partial charge on any atom is 0.409 e. The van der Waals surface area contributed by atoms with Crippen molar-refractivity contribution in [3.8, 4) is 0 Å². The van der Waals surface area contributed by atoms with Crippen molar-refractivity contribution < 1.29 is 9.53 Å². The Morgan fingerprint density at radius 2 is 2.12 bits per heavy atom. The summed E-state index contributed by atoms with van der Waals surface area (Å²) < 4.78 is 5.05. The summed E-state index contributed by atoms with van der Waals surface area (Å²) >= 11 is 6.02. The van der Waals surface area contributed by atoms with Crippen LogP contribution in [0.25, 0.3) is 0 Å². The third-order valence-electron chi connectivity index (χ3n) is 4.01. The zero-order chi connectivity index (χ0) is 18.1. The van der Waals surface area contributed by atoms with E-state index in [-0.39, 0.29) is 6.09 Å². The normalized spacial score (nSPS) is 15.8. The lowest BCUT2D eigenvalue weighted by atomic mass is 10.1. The quantitative estimate of drug-likeness (QED) is 0.621. The minimum atomic E-state index is -0.220. The molecule has 1 aliphatic rings. The number of piperidine rings is 1. The maximum atomic E-state index is 11.8. The van der Waals surface area contributed by atoms with Crippen molar-refractivity contribution in [1.29, 1.82) is 0 Å². The fourth-order valence-corrected chi connectivity index (χ4v) is 2.95. The second kappa shape index (κ2) is 10.1. The summed E-state index contributed by atoms with van der Waals surface area (Å²) in [7, 11) is 0. The molecule has 1 aromatic rings. The smallest absolute Gasteiger partial charge is 0.409 e. The first kappa shape index (κ1) is 19.4. The van der Waals surface area contributed by atoms with Crippen LogP contribution < -0.4 is 10.6 Å². The van der Waals surface area contributed by atoms with Gasteiger partial charge in [-0.15, -0.1) is 0 Å². The van der Waals surface area contributed by atoms with Crippen molar-refractivity contribution in [2.24, 2.45) is 4.99 Å². The Morgan fingerprint density at radius 1 is 1.36 bits per heavy atom. The van der Waals surface area contributed by atoms with Gasteiger partial charge in [0.05, 0.1) is 13.2 Å². The molecular formula is C18H27ClN4O2. The number of halogens is 1. The molecule has 2 N–H and O–H groups in total. The molecule has 0 atom stereocenters. The van der Waals surface area contributed by atoms with Crippen molar-refractivity contribution in [2.45, 2.75) is 39.3 Å². The SMILES string of the molecule is CCNC(=NCc1cccc(Cl)c1)NC1CCN(C(=O)OCC)CC1. The molecule has 7 heteroatoms. The van der Waals surface area contributed by atoms with Crippen molar-refractivity contribution in [2.75, 3.05) is 26.2 Å². The van der Waals surface area contributed by atoms with Crippen LogP contribution >= 0.6 is 11.6 Å². The molecule has 1 fully saturated rings. The number of hydrogen-bond acceptors (Lipinski definition) is 3. The predicted octanol–water partition coefficient (Wildman–Crippen LogP) is 3.02. The number of likely N-dealkylation sites (tertiary alicyclic amines) is 1. The van der Waals surface area contributed by atoms with E-state index in [0.717, 1.165) is 35.9 Å². The number of benzene rings is 1. The van der Waals surface area contributed by atoms with Crippen molar-refractivity contribution in [1.82, 2.24) is 15.5 Å². The van der Waals surface area contributed by atoms with Crippen LogP contribution in [0.1, 0.15) is 32.3 Å². The van der Waals surface area contributed by atoms with E-state index in [1.165, 1.54) is 0 Å². The molecule has 1 heterocycles. The number of guanidine groups is 1. The van der Waals surface area contributed by atoms with Crippen LogP contribution in [0.5, 0.6) is 0 Å². The van der Waals surface area contributed by atoms with E-state index in [1.807, 2.05) is 38.1 Å². The van der Waals surface area contributed by atoms with Crippen LogP contribution in [0.4, 0.5) is 4.79 Å². The highest BCUT2D eigenvalue weighted by molar-refractivity contribution is 6.30. The third kappa shape index (κ3) is 6.46. The van der Waals surface area contributed by atoms with Crippen LogP contribution in [-0.2, 0) is 11.3 Å². The fraction of sp³-hybridized carbons (Fsp3) is 0.556. The zero-order valence-corrected chi connectivity index (χ0v) is 15.7. The van der Waals surface area contributed by atoms with Gasteiger partial charge in [0.15, 0.2) is 5.96 Å². The van der Waals surface area contributed by atoms with Gasteiger partial charge in [0, 0.05) is 30.7 Å². The van der Waals surface area contributed by atoms with Crippen molar-refractivity contribution >= 4 is 23.7 Å². The van der Waals surface area contributed by atoms with Crippen LogP contribution in [0.2, 0.25) is 5.02 Å². The third-order valence-corrected chi connectivity index (χ3v) is 4.25. The van der Waals surface area contributed by atoms with Gasteiger partial charge in [-0.05, 0) is 44.4 Å². The molecule has 0 radical (unpaired) electrons. The summed E-state index contributed by atoms with van der Waals surface area (Å²) in [6, 6.07) is 8.01. The zero-order valence-electron chi connectivity index (χ0n) is 14.9. The van der Waals surface area contributed by atoms with Gasteiger partial charge in [-0.3, -0.25) is 0 Å². The van der Waals surface area contributed by atoms with Crippen molar-refractivity contribution in [3.05, 3.63) is 34.9 Å². The molecule has 0 saturated carbocycles. The molecule has 1 saturated heterocycles. The average molecular weight is 367 g/mol. The van der Waals surface area contributed by atoms with E-state index in [9.17, 15) is 4.79 Å². The Bertz CT molecular complexity index is 586. The topological polar surface area (TPSA) is 66.0 Å². The van der Waals surface area contributed by atoms with Gasteiger partial charge in [-0.2, -0.15) is 0 Å². The maximum absolute atomic E-state index is 11.8. The standard InChI is InChI=1S/C18H27ClN4O2/c1-3-20-17(21-13-14-6-5-7-15(19)12-14)22-16-8-10-23(11-9-16)18(24)25-4-2/h5-7,12,16H,3-4,8-11,13H2,1-2H3,(H2,20,21,22). The second-order valence-corrected chi connectivity index (χ2v) is 6.37. The molecule has 2 rings (SSSR count). The van der Waals surface area contributed by atoms with E-state index in [0.29, 0.717) is 32.3 Å². The largest absolute Gasteiger partial charge is 0.450 e. The summed E-state index contributed by atoms with van der Waals surface area (Å²) in [5.41, 5.74) is 1.07. The number of carbonyl (C=O) groups is 1. The van der Waals surface area contributed by atoms with Gasteiger partial charge in [0.2, 0.25) is 0 Å². The van der Waals surface area contributed by atoms with Gasteiger partial charge in [-0.1, -0.05) is 23.7 Å². The minimum absolute atomic E-state index is 0.220. The van der Waals surface area contributed by atoms with Gasteiger partial charge < -0.3 is 20.3 Å². The molecule has 138 valence electrons. The lowest BCUT2D eigenvalue weighted by Crippen LogP contribution is -2.49. The Balaban J connectivity index is 1.87. The Labute approximate surface area is 154 Å². The number of hydrogen-bond donors (Lipinski definition) is 2. The molecular weight excluding hydrogens is 340 g/mol. The van der Waals surface area contributed by atoms with E-state index >= 15 is 0 Å². The number of nitrogens with one attached hydrogen (secondary N) is 2. The summed E-state index contributed by atoms with van der Waals surface area (Å²) in [5, 5.41) is 7.45. The molecule has 0 unspecified atom stereocenters. The average Bonchev–Trinajstić information content (AvgIpc) is 2.61. The van der Waals surface area contributed by atoms with E-state index in [2.05, 4.69) is 15.6 Å². The predicted molar refractivity (Wildman–Crippen MR) is 101 cm³/mol. The van der Waals surface area contributed by atoms with Gasteiger partial charge in [-0.25, -0.2) is 9.79 Å². The second-order valence-electron chi connectivity index (χ2n) is 5.93. The first-order valence-electron chi connectivity index (χ1n) is 8.83. The van der Waals surface area contributed by atoms with Crippen LogP contribution in [0.3, 0.4) is 0 Å². The van der Waals surface area contributed by atoms with E-state index in [1.54, 1.807) is 4.90 Å². The lowest BCUT2D eigenvalue weighted by molar-refractivity contribution is 0.0963. The number of aliphatic imine (C=N–C) groups is 1. The molecule has 0 aromatic heterocycles. The Morgan fingerprint density at radius 3 is 2.76 bits per heavy atom. The monoisotopic (exact) mass is 366 g/mol. The van der Waals surface area contributed by atoms with Gasteiger partial charge in [0.1, 0.15) is 0 Å². The highest BCUT2D eigenvalue weighted by Crippen LogP contribution is 2.13. The molecule has 6 nitrogen and oxygen atoms in total. The highest BCUT2D eigenvalue weighted by atomic mass is 35.5. The number of carbonyl (C=O) groups excluding carboxylic acids is 1. The summed E-state index contributed by atoms with van der Waals surface area (Å²) in [6.45, 7) is 7.04. The number of amides is 1. The number of rotatable bonds is 5. The first-order valence-corrected chi connectivity index (χ1v) is 9.21. The van der Waals surface area contributed by atoms with Crippen LogP contribution in [-0.4, -0.2) is 49.2 Å². The number of ether oxygens (including phenoxy) is 1. The lowest BCUT2D eigenvalue weighted by Gasteiger charge is -2.32. The molecule has 1 aliphatic heterocycles. The Hall–Kier alpha value is -1.95. The van der Waals surface area contributed by atoms with E-state index < -0.39 is 0 Å². The fourth-order valence-electron chi connectivity index (χ4n) is 2.74. The Kier molecular flexibility index (Phi) is 7.85. The summed E-state index contributed by atoms with van der Waals surface area (Å²) in [5.74, 6) is 0.789. The highest BCUT2D eigenvalue weighted by Gasteiger charge is 2.23.